The van der Waals surface area contributed by atoms with E-state index in [1.54, 1.807) is 25.0 Å². The molecule has 0 aromatic heterocycles. The molecule has 1 fully saturated rings. The molecule has 0 heterocycles. The zero-order valence-corrected chi connectivity index (χ0v) is 19.0. The summed E-state index contributed by atoms with van der Waals surface area (Å²) in [4.78, 5) is 28.0. The molecule has 1 unspecified atom stereocenters. The van der Waals surface area contributed by atoms with Gasteiger partial charge in [-0.05, 0) is 49.1 Å². The highest BCUT2D eigenvalue weighted by atomic mass is 35.5. The van der Waals surface area contributed by atoms with Gasteiger partial charge < -0.3 is 15.0 Å². The van der Waals surface area contributed by atoms with Crippen LogP contribution in [-0.4, -0.2) is 35.9 Å². The van der Waals surface area contributed by atoms with Gasteiger partial charge in [0.1, 0.15) is 11.8 Å². The van der Waals surface area contributed by atoms with Gasteiger partial charge in [-0.1, -0.05) is 61.2 Å². The molecule has 2 aromatic rings. The van der Waals surface area contributed by atoms with Gasteiger partial charge in [-0.15, -0.1) is 0 Å². The van der Waals surface area contributed by atoms with Gasteiger partial charge in [0.2, 0.25) is 11.8 Å². The predicted molar refractivity (Wildman–Crippen MR) is 123 cm³/mol. The van der Waals surface area contributed by atoms with E-state index in [0.717, 1.165) is 42.6 Å². The number of ether oxygens (including phenoxy) is 1. The lowest BCUT2D eigenvalue weighted by Crippen LogP contribution is -2.50. The first kappa shape index (κ1) is 23.1. The van der Waals surface area contributed by atoms with E-state index in [0.29, 0.717) is 11.6 Å². The molecule has 6 heteroatoms. The molecular weight excluding hydrogens is 412 g/mol. The molecule has 1 atom stereocenters. The maximum atomic E-state index is 13.3. The van der Waals surface area contributed by atoms with Crippen LogP contribution >= 0.6 is 11.6 Å². The first-order valence-corrected chi connectivity index (χ1v) is 11.3. The largest absolute Gasteiger partial charge is 0.497 e. The minimum Gasteiger partial charge on any atom is -0.497 e. The van der Waals surface area contributed by atoms with Crippen LogP contribution in [0.15, 0.2) is 48.5 Å². The second-order valence-corrected chi connectivity index (χ2v) is 8.56. The first-order valence-electron chi connectivity index (χ1n) is 10.9. The summed E-state index contributed by atoms with van der Waals surface area (Å²) in [6, 6.07) is 14.5. The quantitative estimate of drug-likeness (QED) is 0.641. The van der Waals surface area contributed by atoms with Crippen LogP contribution in [0.3, 0.4) is 0 Å². The van der Waals surface area contributed by atoms with Gasteiger partial charge in [-0.25, -0.2) is 0 Å². The molecule has 0 aliphatic heterocycles. The SMILES string of the molecule is COc1ccc(CN(C(=O)Cc2ccccc2Cl)C(C)C(=O)NC2CCCCC2)cc1. The summed E-state index contributed by atoms with van der Waals surface area (Å²) in [5.74, 6) is 0.518. The Morgan fingerprint density at radius 2 is 1.77 bits per heavy atom. The second-order valence-electron chi connectivity index (χ2n) is 8.16. The highest BCUT2D eigenvalue weighted by Crippen LogP contribution is 2.21. The Kier molecular flexibility index (Phi) is 8.35. The molecule has 1 aliphatic rings. The predicted octanol–water partition coefficient (Wildman–Crippen LogP) is 4.76. The number of nitrogens with zero attached hydrogens (tertiary/aromatic N) is 1. The van der Waals surface area contributed by atoms with Crippen molar-refractivity contribution in [3.05, 3.63) is 64.7 Å². The van der Waals surface area contributed by atoms with Crippen LogP contribution in [0.25, 0.3) is 0 Å². The normalized spacial score (nSPS) is 15.2. The van der Waals surface area contributed by atoms with Crippen molar-refractivity contribution in [3.63, 3.8) is 0 Å². The number of benzene rings is 2. The van der Waals surface area contributed by atoms with Crippen molar-refractivity contribution in [2.45, 2.75) is 64.1 Å². The van der Waals surface area contributed by atoms with Crippen molar-refractivity contribution in [3.8, 4) is 5.75 Å². The van der Waals surface area contributed by atoms with E-state index in [2.05, 4.69) is 5.32 Å². The van der Waals surface area contributed by atoms with Gasteiger partial charge in [0.25, 0.3) is 0 Å². The van der Waals surface area contributed by atoms with Gasteiger partial charge in [0.15, 0.2) is 0 Å². The van der Waals surface area contributed by atoms with Gasteiger partial charge in [0, 0.05) is 17.6 Å². The molecule has 0 saturated heterocycles. The lowest BCUT2D eigenvalue weighted by molar-refractivity contribution is -0.140. The first-order chi connectivity index (χ1) is 15.0. The van der Waals surface area contributed by atoms with E-state index in [1.165, 1.54) is 6.42 Å². The summed E-state index contributed by atoms with van der Waals surface area (Å²) >= 11 is 6.27. The van der Waals surface area contributed by atoms with Crippen LogP contribution < -0.4 is 10.1 Å². The van der Waals surface area contributed by atoms with Gasteiger partial charge in [-0.2, -0.15) is 0 Å². The van der Waals surface area contributed by atoms with E-state index in [1.807, 2.05) is 42.5 Å². The third-order valence-corrected chi connectivity index (χ3v) is 6.30. The molecule has 0 radical (unpaired) electrons. The molecule has 2 aromatic carbocycles. The van der Waals surface area contributed by atoms with Crippen LogP contribution in [-0.2, 0) is 22.6 Å². The van der Waals surface area contributed by atoms with Gasteiger partial charge in [0.05, 0.1) is 13.5 Å². The Morgan fingerprint density at radius 3 is 2.42 bits per heavy atom. The minimum atomic E-state index is -0.584. The number of carbonyl (C=O) groups is 2. The maximum Gasteiger partial charge on any atom is 0.242 e. The van der Waals surface area contributed by atoms with Crippen LogP contribution in [0, 0.1) is 0 Å². The molecule has 166 valence electrons. The Balaban J connectivity index is 1.76. The standard InChI is InChI=1S/C25H31ClN2O3/c1-18(25(30)27-21-9-4-3-5-10-21)28(17-19-12-14-22(31-2)15-13-19)24(29)16-20-8-6-7-11-23(20)26/h6-8,11-15,18,21H,3-5,9-10,16-17H2,1-2H3,(H,27,30). The fourth-order valence-electron chi connectivity index (χ4n) is 3.99. The van der Waals surface area contributed by atoms with Crippen LogP contribution in [0.5, 0.6) is 5.75 Å². The maximum absolute atomic E-state index is 13.3. The molecule has 1 saturated carbocycles. The Bertz CT molecular complexity index is 879. The number of hydrogen-bond donors (Lipinski definition) is 1. The fourth-order valence-corrected chi connectivity index (χ4v) is 4.19. The van der Waals surface area contributed by atoms with Gasteiger partial charge in [-0.3, -0.25) is 9.59 Å². The molecule has 31 heavy (non-hydrogen) atoms. The average Bonchev–Trinajstić information content (AvgIpc) is 2.79. The molecule has 2 amide bonds. The summed E-state index contributed by atoms with van der Waals surface area (Å²) in [6.45, 7) is 2.14. The highest BCUT2D eigenvalue weighted by Gasteiger charge is 2.28. The lowest BCUT2D eigenvalue weighted by Gasteiger charge is -2.31. The molecule has 0 spiro atoms. The van der Waals surface area contributed by atoms with Crippen molar-refractivity contribution in [2.24, 2.45) is 0 Å². The third-order valence-electron chi connectivity index (χ3n) is 5.93. The smallest absolute Gasteiger partial charge is 0.242 e. The third kappa shape index (κ3) is 6.47. The Morgan fingerprint density at radius 1 is 1.10 bits per heavy atom. The van der Waals surface area contributed by atoms with Crippen LogP contribution in [0.1, 0.15) is 50.2 Å². The average molecular weight is 443 g/mol. The zero-order valence-electron chi connectivity index (χ0n) is 18.3. The van der Waals surface area contributed by atoms with E-state index in [9.17, 15) is 9.59 Å². The summed E-state index contributed by atoms with van der Waals surface area (Å²) in [6.07, 6.45) is 5.66. The molecule has 3 rings (SSSR count). The number of carbonyl (C=O) groups excluding carboxylic acids is 2. The van der Waals surface area contributed by atoms with Crippen molar-refractivity contribution >= 4 is 23.4 Å². The van der Waals surface area contributed by atoms with E-state index in [4.69, 9.17) is 16.3 Å². The number of amides is 2. The topological polar surface area (TPSA) is 58.6 Å². The summed E-state index contributed by atoms with van der Waals surface area (Å²) in [5.41, 5.74) is 1.69. The number of rotatable bonds is 8. The van der Waals surface area contributed by atoms with Crippen molar-refractivity contribution in [2.75, 3.05) is 7.11 Å². The monoisotopic (exact) mass is 442 g/mol. The van der Waals surface area contributed by atoms with E-state index >= 15 is 0 Å². The van der Waals surface area contributed by atoms with E-state index < -0.39 is 6.04 Å². The van der Waals surface area contributed by atoms with Crippen molar-refractivity contribution in [1.29, 1.82) is 0 Å². The number of halogens is 1. The second kappa shape index (κ2) is 11.2. The molecular formula is C25H31ClN2O3. The van der Waals surface area contributed by atoms with E-state index in [-0.39, 0.29) is 24.3 Å². The highest BCUT2D eigenvalue weighted by molar-refractivity contribution is 6.31. The van der Waals surface area contributed by atoms with Gasteiger partial charge >= 0.3 is 0 Å². The van der Waals surface area contributed by atoms with Crippen molar-refractivity contribution in [1.82, 2.24) is 10.2 Å². The lowest BCUT2D eigenvalue weighted by atomic mass is 9.95. The number of hydrogen-bond acceptors (Lipinski definition) is 3. The zero-order chi connectivity index (χ0) is 22.2. The van der Waals surface area contributed by atoms with Crippen molar-refractivity contribution < 1.29 is 14.3 Å². The molecule has 1 N–H and O–H groups in total. The Hall–Kier alpha value is -2.53. The molecule has 1 aliphatic carbocycles. The minimum absolute atomic E-state index is 0.104. The Labute approximate surface area is 189 Å². The van der Waals surface area contributed by atoms with Crippen LogP contribution in [0.4, 0.5) is 0 Å². The summed E-state index contributed by atoms with van der Waals surface area (Å²) in [7, 11) is 1.62. The molecule has 5 nitrogen and oxygen atoms in total. The summed E-state index contributed by atoms with van der Waals surface area (Å²) < 4.78 is 5.22. The molecule has 0 bridgehead atoms. The fraction of sp³-hybridized carbons (Fsp3) is 0.440. The number of nitrogens with one attached hydrogen (secondary N) is 1. The van der Waals surface area contributed by atoms with Crippen LogP contribution in [0.2, 0.25) is 5.02 Å². The summed E-state index contributed by atoms with van der Waals surface area (Å²) in [5, 5.41) is 3.71. The number of methoxy groups -OCH3 is 1.